The first-order valence-electron chi connectivity index (χ1n) is 33.5. The number of nitrogens with zero attached hydrogens (tertiary/aromatic N) is 8. The predicted octanol–water partition coefficient (Wildman–Crippen LogP) is 13.7. The van der Waals surface area contributed by atoms with Gasteiger partial charge >= 0.3 is 49.4 Å². The summed E-state index contributed by atoms with van der Waals surface area (Å²) in [6.45, 7) is 10.6. The molecule has 9 N–H and O–H groups in total. The number of thiocarbonyl (C=S) groups is 2. The van der Waals surface area contributed by atoms with E-state index in [0.717, 1.165) is 112 Å². The number of aromatic nitrogens is 7. The zero-order chi connectivity index (χ0) is 94.2. The zero-order valence-electron chi connectivity index (χ0n) is 64.2. The van der Waals surface area contributed by atoms with E-state index in [2.05, 4.69) is 85.4 Å². The van der Waals surface area contributed by atoms with E-state index in [9.17, 15) is 139 Å². The lowest BCUT2D eigenvalue weighted by molar-refractivity contribution is -0.139. The van der Waals surface area contributed by atoms with E-state index in [1.165, 1.54) is 30.7 Å². The van der Waals surface area contributed by atoms with Crippen LogP contribution in [0.25, 0.3) is 0 Å². The van der Waals surface area contributed by atoms with Gasteiger partial charge in [-0.25, -0.2) is 17.9 Å². The van der Waals surface area contributed by atoms with E-state index in [-0.39, 0.29) is 33.6 Å². The van der Waals surface area contributed by atoms with Crippen molar-refractivity contribution in [3.8, 4) is 5.75 Å². The van der Waals surface area contributed by atoms with Gasteiger partial charge in [0.05, 0.1) is 104 Å². The number of amides is 6. The Bertz CT molecular complexity index is 5090. The quantitative estimate of drug-likeness (QED) is 0.0111. The topological polar surface area (TPSA) is 395 Å². The molecular weight excluding hydrogens is 1780 g/mol. The molecule has 7 aromatic heterocycles. The Morgan fingerprint density at radius 3 is 1.04 bits per heavy atom. The molecule has 27 nitrogen and oxygen atoms in total. The Morgan fingerprint density at radius 2 is 0.748 bits per heavy atom. The van der Waals surface area contributed by atoms with Crippen LogP contribution in [0.3, 0.4) is 0 Å². The van der Waals surface area contributed by atoms with Crippen molar-refractivity contribution in [1.82, 2.24) is 65.9 Å². The number of nitrogens with one attached hydrogen (secondary N) is 5. The summed E-state index contributed by atoms with van der Waals surface area (Å²) in [4.78, 5) is 120. The number of hydroxylamine groups is 2. The summed E-state index contributed by atoms with van der Waals surface area (Å²) in [6, 6.07) is 12.3. The fourth-order valence-corrected chi connectivity index (χ4v) is 9.69. The molecule has 8 rings (SSSR count). The second-order valence-corrected chi connectivity index (χ2v) is 33.2. The van der Waals surface area contributed by atoms with Crippen LogP contribution < -0.4 is 42.2 Å². The second kappa shape index (κ2) is 46.5. The van der Waals surface area contributed by atoms with E-state index in [1.807, 2.05) is 26.6 Å². The number of hydrogen-bond acceptors (Lipinski definition) is 21. The molecule has 668 valence electrons. The SMILES string of the molecule is CC(=O)CNC(=O)c1cnccc1C(F)(F)F.CC(NC(=O)c1cnccc1C(F)(F)F)C(N)=S.CCCNC(=O)c1cnccc1C(F)(F)F.CN(OC(=O)Oc1ccccc1)C(=O)c1cnccc1C(F)(F)F.CS(=O)(=O)NC(=O)c1cnccc1C(F)(F)F.C[Si](C)(C)CNC(=O)c1cnccc1C(F)(F)F.NC(=S)c1cnccc1C(F)(F)F. The average molecular weight is 1850 g/mol. The van der Waals surface area contributed by atoms with Crippen LogP contribution in [0.2, 0.25) is 19.6 Å². The Balaban J connectivity index is 0.000000489. The number of para-hydroxylation sites is 1. The standard InChI is InChI=1S/C15H11F3N2O4.C11H15F3N2OSi.C10H10F3N3OS.C10H9F3N2O2.C10H11F3N2O.C8H7F3N2O3S.C7H5F3N2S/c1-20(24-14(22)23-10-5-3-2-4-6-10)13(21)11-9-19-8-7-12(11)15(16,17)18;1-18(2,3)7-16-10(17)8-6-15-5-4-9(8)11(12,13)14;1-5(8(14)18)16-9(17)6-4-15-3-2-7(6)10(11,12)13;1-6(16)4-15-9(17)7-5-14-3-2-8(7)10(11,12)13;1-2-4-15-9(16)7-6-14-5-3-8(7)10(11,12)13;1-17(15,16)13-7(14)5-4-12-3-2-6(5)8(9,10)11;8-7(9,10)5-1-2-12-3-4(5)6(11)13/h2-9H,1H3;4-6H,7H2,1-3H3,(H,16,17);2-5H,1H3,(H2,14,18)(H,16,17);2-3,5H,4H2,1H3,(H,15,17);3,5-6H,2,4H2,1H3,(H,15,16);2-4H,1H3,(H,13,14);1-3H,(H2,11,13). The number of pyridine rings is 7. The zero-order valence-corrected chi connectivity index (χ0v) is 67.7. The number of benzene rings is 1. The van der Waals surface area contributed by atoms with Crippen molar-refractivity contribution >= 4 is 99.9 Å². The Labute approximate surface area is 694 Å². The first kappa shape index (κ1) is 107. The van der Waals surface area contributed by atoms with Gasteiger partial charge in [0.15, 0.2) is 0 Å². The van der Waals surface area contributed by atoms with Crippen LogP contribution in [0, 0.1) is 0 Å². The molecule has 1 aromatic carbocycles. The molecule has 1 atom stereocenters. The van der Waals surface area contributed by atoms with Gasteiger partial charge in [-0.1, -0.05) is 69.2 Å². The molecule has 123 heavy (non-hydrogen) atoms. The van der Waals surface area contributed by atoms with E-state index >= 15 is 0 Å². The molecule has 0 spiro atoms. The van der Waals surface area contributed by atoms with Crippen molar-refractivity contribution in [2.24, 2.45) is 11.5 Å². The number of nitrogens with two attached hydrogens (primary N) is 2. The first-order chi connectivity index (χ1) is 56.5. The summed E-state index contributed by atoms with van der Waals surface area (Å²) in [5.74, 6) is -6.12. The van der Waals surface area contributed by atoms with Crippen LogP contribution in [0.5, 0.6) is 5.75 Å². The number of sulfonamides is 1. The number of Topliss-reactive ketones (excluding diaryl/α,β-unsaturated/α-hetero) is 1. The van der Waals surface area contributed by atoms with Crippen molar-refractivity contribution in [2.45, 2.75) is 96.1 Å². The number of alkyl halides is 21. The Kier molecular flexibility index (Phi) is 40.3. The number of carbonyl (C=O) groups is 8. The number of ether oxygens (including phenoxy) is 1. The van der Waals surface area contributed by atoms with Gasteiger partial charge in [-0.3, -0.25) is 68.4 Å². The van der Waals surface area contributed by atoms with Gasteiger partial charge in [0.25, 0.3) is 35.4 Å². The molecule has 6 amide bonds. The van der Waals surface area contributed by atoms with Gasteiger partial charge in [-0.15, -0.1) is 0 Å². The molecule has 0 aliphatic carbocycles. The van der Waals surface area contributed by atoms with Crippen LogP contribution in [0.1, 0.15) is 134 Å². The smallest absolute Gasteiger partial charge is 0.393 e. The summed E-state index contributed by atoms with van der Waals surface area (Å²) in [5, 5.41) is 9.61. The van der Waals surface area contributed by atoms with Crippen LogP contribution in [-0.2, 0) is 62.9 Å². The van der Waals surface area contributed by atoms with E-state index in [1.54, 1.807) is 18.2 Å². The van der Waals surface area contributed by atoms with Crippen LogP contribution in [0.4, 0.5) is 97.0 Å². The van der Waals surface area contributed by atoms with E-state index in [0.29, 0.717) is 54.8 Å². The van der Waals surface area contributed by atoms with Gasteiger partial charge in [0, 0.05) is 112 Å². The van der Waals surface area contributed by atoms with E-state index in [4.69, 9.17) is 16.2 Å². The Morgan fingerprint density at radius 1 is 0.455 bits per heavy atom. The molecule has 52 heteroatoms. The molecule has 0 aliphatic heterocycles. The van der Waals surface area contributed by atoms with Crippen molar-refractivity contribution in [1.29, 1.82) is 0 Å². The number of ketones is 1. The average Bonchev–Trinajstić information content (AvgIpc) is 0.839. The Hall–Kier alpha value is -12.5. The van der Waals surface area contributed by atoms with Crippen molar-refractivity contribution < 1.29 is 149 Å². The molecule has 7 heterocycles. The summed E-state index contributed by atoms with van der Waals surface area (Å²) >= 11 is 9.07. The highest BCUT2D eigenvalue weighted by Gasteiger charge is 2.42. The van der Waals surface area contributed by atoms with Crippen LogP contribution in [0.15, 0.2) is 160 Å². The van der Waals surface area contributed by atoms with Crippen molar-refractivity contribution in [2.75, 3.05) is 32.6 Å². The maximum absolute atomic E-state index is 12.9. The molecule has 0 saturated heterocycles. The lowest BCUT2D eigenvalue weighted by Crippen LogP contribution is -2.41. The molecular formula is C71H68F21N15O12S3Si. The van der Waals surface area contributed by atoms with Crippen molar-refractivity contribution in [3.05, 3.63) is 237 Å². The number of hydrogen-bond donors (Lipinski definition) is 7. The van der Waals surface area contributed by atoms with Crippen LogP contribution >= 0.6 is 24.4 Å². The minimum Gasteiger partial charge on any atom is -0.393 e. The second-order valence-electron chi connectivity index (χ2n) is 25.0. The molecule has 1 unspecified atom stereocenters. The highest BCUT2D eigenvalue weighted by Crippen LogP contribution is 2.37. The summed E-state index contributed by atoms with van der Waals surface area (Å²) in [6.07, 6.45) is -19.1. The predicted molar refractivity (Wildman–Crippen MR) is 404 cm³/mol. The van der Waals surface area contributed by atoms with Gasteiger partial charge in [-0.2, -0.15) is 97.3 Å². The normalized spacial score (nSPS) is 11.7. The van der Waals surface area contributed by atoms with Gasteiger partial charge in [0.1, 0.15) is 16.5 Å². The largest absolute Gasteiger partial charge is 0.539 e. The monoisotopic (exact) mass is 1850 g/mol. The maximum atomic E-state index is 12.9. The molecule has 0 aliphatic rings. The minimum absolute atomic E-state index is 0.0131. The molecule has 8 aromatic rings. The highest BCUT2D eigenvalue weighted by molar-refractivity contribution is 7.89. The van der Waals surface area contributed by atoms with Gasteiger partial charge < -0.3 is 42.3 Å². The first-order valence-corrected chi connectivity index (χ1v) is 39.9. The lowest BCUT2D eigenvalue weighted by Gasteiger charge is -2.18. The minimum atomic E-state index is -4.76. The van der Waals surface area contributed by atoms with Gasteiger partial charge in [0.2, 0.25) is 10.0 Å². The third-order valence-corrected chi connectivity index (χ3v) is 16.3. The van der Waals surface area contributed by atoms with Crippen molar-refractivity contribution in [3.63, 3.8) is 0 Å². The fourth-order valence-electron chi connectivity index (χ4n) is 8.33. The summed E-state index contributed by atoms with van der Waals surface area (Å²) in [7, 11) is -4.49. The number of carbonyl (C=O) groups excluding carboxylic acids is 8. The highest BCUT2D eigenvalue weighted by atomic mass is 32.2. The van der Waals surface area contributed by atoms with Crippen LogP contribution in [-0.4, -0.2) is 152 Å². The molecule has 0 fully saturated rings. The molecule has 0 bridgehead atoms. The number of rotatable bonds is 17. The van der Waals surface area contributed by atoms with E-state index < -0.39 is 181 Å². The third-order valence-electron chi connectivity index (χ3n) is 13.9. The number of halogens is 21. The summed E-state index contributed by atoms with van der Waals surface area (Å²) in [5.41, 5.74) is -0.818. The fraction of sp³-hybridized carbons (Fsp3) is 0.282. The lowest BCUT2D eigenvalue weighted by atomic mass is 10.1. The third kappa shape index (κ3) is 38.0. The molecule has 0 radical (unpaired) electrons. The summed E-state index contributed by atoms with van der Waals surface area (Å²) < 4.78 is 292. The van der Waals surface area contributed by atoms with Gasteiger partial charge in [-0.05, 0) is 74.9 Å². The maximum Gasteiger partial charge on any atom is 0.539 e. The molecule has 0 saturated carbocycles.